The lowest BCUT2D eigenvalue weighted by atomic mass is 9.86. The molecule has 0 radical (unpaired) electrons. The molecule has 0 aliphatic rings. The van der Waals surface area contributed by atoms with Gasteiger partial charge in [-0.2, -0.15) is 21.0 Å². The third kappa shape index (κ3) is 5.46. The number of hydrogen-bond acceptors (Lipinski definition) is 6. The fourth-order valence-corrected chi connectivity index (χ4v) is 4.26. The van der Waals surface area contributed by atoms with E-state index in [1.165, 1.54) is 24.3 Å². The van der Waals surface area contributed by atoms with Crippen molar-refractivity contribution in [1.29, 1.82) is 21.0 Å². The van der Waals surface area contributed by atoms with Crippen LogP contribution in [-0.4, -0.2) is 11.1 Å². The Hall–Kier alpha value is -6.41. The first-order chi connectivity index (χ1) is 19.5. The maximum absolute atomic E-state index is 11.4. The molecule has 1 N–H and O–H groups in total. The van der Waals surface area contributed by atoms with Crippen LogP contribution in [0.4, 0.5) is 17.1 Å². The Balaban J connectivity index is 1.91. The number of nitriles is 4. The zero-order valence-electron chi connectivity index (χ0n) is 21.0. The first-order valence-electron chi connectivity index (χ1n) is 12.0. The average molecular weight is 518 g/mol. The molecular formula is C33H19N5O2. The summed E-state index contributed by atoms with van der Waals surface area (Å²) in [6, 6.07) is 39.6. The first-order valence-corrected chi connectivity index (χ1v) is 12.0. The van der Waals surface area contributed by atoms with Crippen molar-refractivity contribution in [3.05, 3.63) is 137 Å². The molecule has 4 rings (SSSR count). The van der Waals surface area contributed by atoms with Crippen LogP contribution >= 0.6 is 0 Å². The van der Waals surface area contributed by atoms with Crippen LogP contribution in [-0.2, 0) is 0 Å². The molecule has 0 aliphatic carbocycles. The van der Waals surface area contributed by atoms with E-state index in [4.69, 9.17) is 0 Å². The topological polar surface area (TPSA) is 136 Å². The van der Waals surface area contributed by atoms with Gasteiger partial charge in [0, 0.05) is 28.2 Å². The first kappa shape index (κ1) is 26.6. The number of hydrogen-bond donors (Lipinski definition) is 1. The molecule has 0 bridgehead atoms. The number of benzene rings is 4. The van der Waals surface area contributed by atoms with Crippen LogP contribution in [0.3, 0.4) is 0 Å². The lowest BCUT2D eigenvalue weighted by Crippen LogP contribution is -2.09. The Kier molecular flexibility index (Phi) is 8.14. The van der Waals surface area contributed by atoms with Gasteiger partial charge in [0.1, 0.15) is 35.4 Å². The number of allylic oxidation sites excluding steroid dienone is 4. The van der Waals surface area contributed by atoms with Gasteiger partial charge in [0.25, 0.3) is 0 Å². The molecular weight excluding hydrogens is 498 g/mol. The minimum atomic E-state index is -1.14. The van der Waals surface area contributed by atoms with Crippen LogP contribution in [0, 0.1) is 45.3 Å². The highest BCUT2D eigenvalue weighted by atomic mass is 16.4. The van der Waals surface area contributed by atoms with Crippen LogP contribution in [0.1, 0.15) is 21.5 Å². The second-order valence-corrected chi connectivity index (χ2v) is 8.38. The lowest BCUT2D eigenvalue weighted by molar-refractivity contribution is 0.0697. The van der Waals surface area contributed by atoms with Crippen LogP contribution < -0.4 is 4.90 Å². The molecule has 0 saturated carbocycles. The summed E-state index contributed by atoms with van der Waals surface area (Å²) in [5.41, 5.74) is 2.95. The Morgan fingerprint density at radius 1 is 0.500 bits per heavy atom. The Labute approximate surface area is 231 Å². The van der Waals surface area contributed by atoms with E-state index >= 15 is 0 Å². The summed E-state index contributed by atoms with van der Waals surface area (Å²) < 4.78 is 0. The smallest absolute Gasteiger partial charge is 0.335 e. The number of anilines is 3. The van der Waals surface area contributed by atoms with E-state index in [-0.39, 0.29) is 27.9 Å². The summed E-state index contributed by atoms with van der Waals surface area (Å²) in [5, 5.41) is 48.5. The number of nitrogens with zero attached hydrogens (tertiary/aromatic N) is 5. The summed E-state index contributed by atoms with van der Waals surface area (Å²) in [5.74, 6) is -1.14. The van der Waals surface area contributed by atoms with Gasteiger partial charge in [0.2, 0.25) is 0 Å². The van der Waals surface area contributed by atoms with Crippen molar-refractivity contribution in [3.8, 4) is 24.3 Å². The Morgan fingerprint density at radius 2 is 0.825 bits per heavy atom. The number of carboxylic acids is 1. The van der Waals surface area contributed by atoms with Gasteiger partial charge < -0.3 is 10.0 Å². The van der Waals surface area contributed by atoms with Gasteiger partial charge in [-0.05, 0) is 59.7 Å². The largest absolute Gasteiger partial charge is 0.478 e. The van der Waals surface area contributed by atoms with Crippen molar-refractivity contribution in [2.75, 3.05) is 4.90 Å². The molecule has 7 nitrogen and oxygen atoms in total. The van der Waals surface area contributed by atoms with Crippen LogP contribution in [0.2, 0.25) is 0 Å². The fraction of sp³-hybridized carbons (Fsp3) is 0. The standard InChI is InChI=1S/C33H19N5O2/c34-19-26(20-35)31(23-11-13-25(14-12-23)33(39)40)32(27(21-36)22-37)24-15-17-30(18-16-24)38(28-7-3-1-4-8-28)29-9-5-2-6-10-29/h1-18H,(H,39,40). The third-order valence-corrected chi connectivity index (χ3v) is 6.06. The number of carbonyl (C=O) groups is 1. The van der Waals surface area contributed by atoms with Crippen molar-refractivity contribution in [2.45, 2.75) is 0 Å². The highest BCUT2D eigenvalue weighted by Gasteiger charge is 2.22. The second-order valence-electron chi connectivity index (χ2n) is 8.38. The van der Waals surface area contributed by atoms with Gasteiger partial charge in [-0.3, -0.25) is 0 Å². The van der Waals surface area contributed by atoms with E-state index in [1.807, 2.05) is 102 Å². The van der Waals surface area contributed by atoms with Crippen LogP contribution in [0.15, 0.2) is 120 Å². The monoisotopic (exact) mass is 517 g/mol. The quantitative estimate of drug-likeness (QED) is 0.203. The van der Waals surface area contributed by atoms with Gasteiger partial charge in [-0.15, -0.1) is 0 Å². The van der Waals surface area contributed by atoms with Gasteiger partial charge in [0.05, 0.1) is 5.56 Å². The SMILES string of the molecule is N#CC(C#N)=C(C(=C(C#N)C#N)c1ccc(N(c2ccccc2)c2ccccc2)cc1)c1ccc(C(=O)O)cc1. The molecule has 0 aliphatic heterocycles. The predicted molar refractivity (Wildman–Crippen MR) is 151 cm³/mol. The number of aromatic carboxylic acids is 1. The number of rotatable bonds is 7. The summed E-state index contributed by atoms with van der Waals surface area (Å²) in [7, 11) is 0. The highest BCUT2D eigenvalue weighted by molar-refractivity contribution is 6.11. The zero-order chi connectivity index (χ0) is 28.5. The summed E-state index contributed by atoms with van der Waals surface area (Å²) in [6.45, 7) is 0. The van der Waals surface area contributed by atoms with Crippen molar-refractivity contribution in [1.82, 2.24) is 0 Å². The van der Waals surface area contributed by atoms with Crippen molar-refractivity contribution in [2.24, 2.45) is 0 Å². The minimum Gasteiger partial charge on any atom is -0.478 e. The molecule has 0 saturated heterocycles. The summed E-state index contributed by atoms with van der Waals surface area (Å²) in [6.07, 6.45) is 0. The van der Waals surface area contributed by atoms with Crippen molar-refractivity contribution >= 4 is 34.2 Å². The number of para-hydroxylation sites is 2. The van der Waals surface area contributed by atoms with E-state index in [0.29, 0.717) is 11.1 Å². The summed E-state index contributed by atoms with van der Waals surface area (Å²) >= 11 is 0. The Morgan fingerprint density at radius 3 is 1.18 bits per heavy atom. The molecule has 0 spiro atoms. The molecule has 0 aromatic heterocycles. The third-order valence-electron chi connectivity index (χ3n) is 6.06. The molecule has 7 heteroatoms. The van der Waals surface area contributed by atoms with E-state index in [9.17, 15) is 30.9 Å². The van der Waals surface area contributed by atoms with E-state index in [1.54, 1.807) is 12.1 Å². The minimum absolute atomic E-state index is 0.0103. The fourth-order valence-electron chi connectivity index (χ4n) is 4.26. The van der Waals surface area contributed by atoms with E-state index in [0.717, 1.165) is 17.1 Å². The highest BCUT2D eigenvalue weighted by Crippen LogP contribution is 2.39. The Bertz CT molecular complexity index is 1710. The van der Waals surface area contributed by atoms with Crippen LogP contribution in [0.25, 0.3) is 11.1 Å². The molecule has 0 amide bonds. The van der Waals surface area contributed by atoms with Gasteiger partial charge in [-0.25, -0.2) is 4.79 Å². The molecule has 40 heavy (non-hydrogen) atoms. The second kappa shape index (κ2) is 12.2. The van der Waals surface area contributed by atoms with E-state index < -0.39 is 5.97 Å². The molecule has 4 aromatic carbocycles. The van der Waals surface area contributed by atoms with Gasteiger partial charge >= 0.3 is 5.97 Å². The molecule has 0 fully saturated rings. The van der Waals surface area contributed by atoms with Crippen LogP contribution in [0.5, 0.6) is 0 Å². The van der Waals surface area contributed by atoms with E-state index in [2.05, 4.69) is 0 Å². The average Bonchev–Trinajstić information content (AvgIpc) is 3.01. The maximum atomic E-state index is 11.4. The summed E-state index contributed by atoms with van der Waals surface area (Å²) in [4.78, 5) is 13.4. The van der Waals surface area contributed by atoms with Crippen molar-refractivity contribution < 1.29 is 9.90 Å². The van der Waals surface area contributed by atoms with Gasteiger partial charge in [0.15, 0.2) is 0 Å². The molecule has 188 valence electrons. The number of carboxylic acid groups (broad SMARTS) is 1. The van der Waals surface area contributed by atoms with Crippen molar-refractivity contribution in [3.63, 3.8) is 0 Å². The van der Waals surface area contributed by atoms with Gasteiger partial charge in [-0.1, -0.05) is 60.7 Å². The molecule has 4 aromatic rings. The predicted octanol–water partition coefficient (Wildman–Crippen LogP) is 7.16. The molecule has 0 heterocycles. The molecule has 0 atom stereocenters. The molecule has 0 unspecified atom stereocenters. The maximum Gasteiger partial charge on any atom is 0.335 e. The lowest BCUT2D eigenvalue weighted by Gasteiger charge is -2.25. The normalized spacial score (nSPS) is 9.60. The zero-order valence-corrected chi connectivity index (χ0v) is 21.0.